The quantitative estimate of drug-likeness (QED) is 0.840. The Kier molecular flexibility index (Phi) is 4.50. The molecular weight excluding hydrogens is 218 g/mol. The minimum Gasteiger partial charge on any atom is -0.378 e. The number of ether oxygens (including phenoxy) is 1. The molecule has 1 aromatic rings. The van der Waals surface area contributed by atoms with Crippen molar-refractivity contribution in [2.75, 3.05) is 13.7 Å². The van der Waals surface area contributed by atoms with Crippen molar-refractivity contribution in [1.82, 2.24) is 15.5 Å². The van der Waals surface area contributed by atoms with Gasteiger partial charge in [-0.3, -0.25) is 0 Å². The van der Waals surface area contributed by atoms with Crippen LogP contribution in [0.25, 0.3) is 0 Å². The van der Waals surface area contributed by atoms with Crippen LogP contribution in [0, 0.1) is 0 Å². The van der Waals surface area contributed by atoms with Gasteiger partial charge in [0, 0.05) is 25.5 Å². The summed E-state index contributed by atoms with van der Waals surface area (Å²) in [6.45, 7) is 2.96. The van der Waals surface area contributed by atoms with Crippen LogP contribution < -0.4 is 5.32 Å². The largest absolute Gasteiger partial charge is 0.378 e. The van der Waals surface area contributed by atoms with E-state index in [-0.39, 0.29) is 6.10 Å². The van der Waals surface area contributed by atoms with Gasteiger partial charge in [0.25, 0.3) is 0 Å². The first-order valence-electron chi connectivity index (χ1n) is 6.38. The van der Waals surface area contributed by atoms with E-state index in [1.54, 1.807) is 0 Å². The van der Waals surface area contributed by atoms with E-state index in [1.165, 1.54) is 12.8 Å². The highest BCUT2D eigenvalue weighted by Crippen LogP contribution is 2.16. The van der Waals surface area contributed by atoms with Gasteiger partial charge >= 0.3 is 0 Å². The van der Waals surface area contributed by atoms with E-state index in [2.05, 4.69) is 22.4 Å². The Hall–Kier alpha value is -0.940. The summed E-state index contributed by atoms with van der Waals surface area (Å²) in [5.41, 5.74) is 0. The number of nitrogens with one attached hydrogen (secondary N) is 1. The molecule has 2 rings (SSSR count). The molecule has 5 heteroatoms. The van der Waals surface area contributed by atoms with Crippen LogP contribution in [0.1, 0.15) is 37.9 Å². The number of aromatic nitrogens is 2. The fourth-order valence-corrected chi connectivity index (χ4v) is 1.99. The summed E-state index contributed by atoms with van der Waals surface area (Å²) in [6.07, 6.45) is 5.35. The fourth-order valence-electron chi connectivity index (χ4n) is 1.99. The lowest BCUT2D eigenvalue weighted by atomic mass is 10.1. The van der Waals surface area contributed by atoms with E-state index >= 15 is 0 Å². The fraction of sp³-hybridized carbons (Fsp3) is 0.833. The third kappa shape index (κ3) is 3.78. The Morgan fingerprint density at radius 2 is 2.35 bits per heavy atom. The van der Waals surface area contributed by atoms with Crippen LogP contribution in [0.5, 0.6) is 0 Å². The van der Waals surface area contributed by atoms with Crippen molar-refractivity contribution >= 4 is 0 Å². The SMILES string of the molecule is CNC(C)Cc1nc(CC2CCCCO2)no1. The van der Waals surface area contributed by atoms with E-state index < -0.39 is 0 Å². The molecule has 1 fully saturated rings. The summed E-state index contributed by atoms with van der Waals surface area (Å²) >= 11 is 0. The smallest absolute Gasteiger partial charge is 0.228 e. The maximum atomic E-state index is 5.66. The first kappa shape index (κ1) is 12.5. The molecule has 1 N–H and O–H groups in total. The van der Waals surface area contributed by atoms with E-state index in [0.29, 0.717) is 11.9 Å². The maximum absolute atomic E-state index is 5.66. The minimum atomic E-state index is 0.274. The van der Waals surface area contributed by atoms with Crippen LogP contribution in [0.15, 0.2) is 4.52 Å². The number of hydrogen-bond donors (Lipinski definition) is 1. The Bertz CT molecular complexity index is 334. The van der Waals surface area contributed by atoms with Gasteiger partial charge in [-0.25, -0.2) is 0 Å². The van der Waals surface area contributed by atoms with Crippen molar-refractivity contribution in [2.24, 2.45) is 0 Å². The highest BCUT2D eigenvalue weighted by atomic mass is 16.5. The van der Waals surface area contributed by atoms with Crippen LogP contribution in [0.2, 0.25) is 0 Å². The minimum absolute atomic E-state index is 0.274. The molecule has 1 aliphatic heterocycles. The molecule has 5 nitrogen and oxygen atoms in total. The lowest BCUT2D eigenvalue weighted by Crippen LogP contribution is -2.24. The molecular formula is C12H21N3O2. The van der Waals surface area contributed by atoms with Gasteiger partial charge in [0.1, 0.15) is 0 Å². The Balaban J connectivity index is 1.84. The van der Waals surface area contributed by atoms with Gasteiger partial charge < -0.3 is 14.6 Å². The van der Waals surface area contributed by atoms with Crippen LogP contribution in [-0.4, -0.2) is 35.9 Å². The van der Waals surface area contributed by atoms with Gasteiger partial charge in [0.05, 0.1) is 6.10 Å². The molecule has 0 bridgehead atoms. The number of hydrogen-bond acceptors (Lipinski definition) is 5. The van der Waals surface area contributed by atoms with Gasteiger partial charge in [-0.1, -0.05) is 5.16 Å². The molecule has 2 atom stereocenters. The van der Waals surface area contributed by atoms with Gasteiger partial charge in [0.2, 0.25) is 5.89 Å². The second-order valence-corrected chi connectivity index (χ2v) is 4.69. The van der Waals surface area contributed by atoms with Gasteiger partial charge in [0.15, 0.2) is 5.82 Å². The molecule has 0 amide bonds. The molecule has 0 aliphatic carbocycles. The van der Waals surface area contributed by atoms with Gasteiger partial charge in [-0.05, 0) is 33.2 Å². The predicted octanol–water partition coefficient (Wildman–Crippen LogP) is 1.33. The van der Waals surface area contributed by atoms with Crippen LogP contribution in [0.4, 0.5) is 0 Å². The van der Waals surface area contributed by atoms with Crippen molar-refractivity contribution in [3.63, 3.8) is 0 Å². The number of rotatable bonds is 5. The molecule has 0 saturated carbocycles. The second kappa shape index (κ2) is 6.12. The maximum Gasteiger partial charge on any atom is 0.228 e. The van der Waals surface area contributed by atoms with Crippen LogP contribution in [-0.2, 0) is 17.6 Å². The van der Waals surface area contributed by atoms with Gasteiger partial charge in [-0.2, -0.15) is 4.98 Å². The molecule has 0 spiro atoms. The molecule has 17 heavy (non-hydrogen) atoms. The predicted molar refractivity (Wildman–Crippen MR) is 63.8 cm³/mol. The van der Waals surface area contributed by atoms with Crippen molar-refractivity contribution in [2.45, 2.75) is 51.2 Å². The molecule has 1 saturated heterocycles. The normalized spacial score (nSPS) is 22.6. The van der Waals surface area contributed by atoms with E-state index in [1.807, 2.05) is 7.05 Å². The summed E-state index contributed by atoms with van der Waals surface area (Å²) in [7, 11) is 1.93. The average Bonchev–Trinajstić information content (AvgIpc) is 2.77. The topological polar surface area (TPSA) is 60.2 Å². The molecule has 1 aromatic heterocycles. The second-order valence-electron chi connectivity index (χ2n) is 4.69. The Morgan fingerprint density at radius 1 is 1.47 bits per heavy atom. The van der Waals surface area contributed by atoms with Crippen LogP contribution in [0.3, 0.4) is 0 Å². The molecule has 1 aliphatic rings. The molecule has 96 valence electrons. The standard InChI is InChI=1S/C12H21N3O2/c1-9(13-2)7-12-14-11(15-17-12)8-10-5-3-4-6-16-10/h9-10,13H,3-8H2,1-2H3. The lowest BCUT2D eigenvalue weighted by Gasteiger charge is -2.20. The third-order valence-electron chi connectivity index (χ3n) is 3.17. The first-order valence-corrected chi connectivity index (χ1v) is 6.38. The Morgan fingerprint density at radius 3 is 3.06 bits per heavy atom. The molecule has 2 heterocycles. The van der Waals surface area contributed by atoms with Crippen molar-refractivity contribution in [3.05, 3.63) is 11.7 Å². The monoisotopic (exact) mass is 239 g/mol. The zero-order valence-corrected chi connectivity index (χ0v) is 10.6. The highest BCUT2D eigenvalue weighted by Gasteiger charge is 2.18. The molecule has 0 aromatic carbocycles. The number of likely N-dealkylation sites (N-methyl/N-ethyl adjacent to an activating group) is 1. The van der Waals surface area contributed by atoms with E-state index in [4.69, 9.17) is 9.26 Å². The Labute approximate surface area is 102 Å². The zero-order valence-electron chi connectivity index (χ0n) is 10.6. The first-order chi connectivity index (χ1) is 8.28. The summed E-state index contributed by atoms with van der Waals surface area (Å²) < 4.78 is 10.9. The van der Waals surface area contributed by atoms with Crippen LogP contribution >= 0.6 is 0 Å². The summed E-state index contributed by atoms with van der Waals surface area (Å²) in [6, 6.07) is 0.356. The van der Waals surface area contributed by atoms with Crippen molar-refractivity contribution < 1.29 is 9.26 Å². The van der Waals surface area contributed by atoms with Crippen molar-refractivity contribution in [1.29, 1.82) is 0 Å². The summed E-state index contributed by atoms with van der Waals surface area (Å²) in [4.78, 5) is 4.39. The van der Waals surface area contributed by atoms with E-state index in [9.17, 15) is 0 Å². The lowest BCUT2D eigenvalue weighted by molar-refractivity contribution is 0.0153. The van der Waals surface area contributed by atoms with Gasteiger partial charge in [-0.15, -0.1) is 0 Å². The molecule has 2 unspecified atom stereocenters. The summed E-state index contributed by atoms with van der Waals surface area (Å²) in [5.74, 6) is 1.48. The zero-order chi connectivity index (χ0) is 12.1. The summed E-state index contributed by atoms with van der Waals surface area (Å²) in [5, 5.41) is 7.16. The molecule has 0 radical (unpaired) electrons. The average molecular weight is 239 g/mol. The van der Waals surface area contributed by atoms with E-state index in [0.717, 1.165) is 31.7 Å². The number of nitrogens with zero attached hydrogens (tertiary/aromatic N) is 2. The van der Waals surface area contributed by atoms with Crippen molar-refractivity contribution in [3.8, 4) is 0 Å². The highest BCUT2D eigenvalue weighted by molar-refractivity contribution is 4.91. The third-order valence-corrected chi connectivity index (χ3v) is 3.17.